The molecule has 0 spiro atoms. The molecule has 0 bridgehead atoms. The van der Waals surface area contributed by atoms with Crippen molar-refractivity contribution in [1.82, 2.24) is 24.6 Å². The maximum atomic E-state index is 12.6. The van der Waals surface area contributed by atoms with E-state index >= 15 is 0 Å². The number of nitrogens with one attached hydrogen (secondary N) is 1. The summed E-state index contributed by atoms with van der Waals surface area (Å²) in [4.78, 5) is 34.9. The molecule has 1 saturated heterocycles. The molecule has 1 aliphatic rings. The van der Waals surface area contributed by atoms with E-state index in [0.717, 1.165) is 18.5 Å². The highest BCUT2D eigenvalue weighted by Crippen LogP contribution is 2.34. The highest BCUT2D eigenvalue weighted by molar-refractivity contribution is 6.02. The molecular weight excluding hydrogens is 332 g/mol. The van der Waals surface area contributed by atoms with Crippen molar-refractivity contribution in [3.8, 4) is 0 Å². The second-order valence-corrected chi connectivity index (χ2v) is 7.05. The molecule has 0 radical (unpaired) electrons. The summed E-state index contributed by atoms with van der Waals surface area (Å²) < 4.78 is 1.59. The lowest BCUT2D eigenvalue weighted by atomic mass is 9.77. The molecule has 0 aromatic carbocycles. The molecular formula is C18H24N6O2. The molecule has 2 aromatic heterocycles. The van der Waals surface area contributed by atoms with E-state index < -0.39 is 0 Å². The number of likely N-dealkylation sites (tertiary alicyclic amines) is 1. The molecule has 3 rings (SSSR count). The zero-order chi connectivity index (χ0) is 18.9. The monoisotopic (exact) mass is 356 g/mol. The molecule has 138 valence electrons. The Morgan fingerprint density at radius 3 is 2.50 bits per heavy atom. The van der Waals surface area contributed by atoms with Crippen LogP contribution in [0, 0.1) is 6.92 Å². The number of hydrogen-bond donors (Lipinski definition) is 1. The Morgan fingerprint density at radius 1 is 1.23 bits per heavy atom. The molecule has 1 aliphatic heterocycles. The Balaban J connectivity index is 1.82. The molecule has 0 unspecified atom stereocenters. The number of anilines is 1. The fraction of sp³-hybridized carbons (Fsp3) is 0.500. The van der Waals surface area contributed by atoms with E-state index in [0.29, 0.717) is 30.4 Å². The Bertz CT molecular complexity index is 836. The van der Waals surface area contributed by atoms with Gasteiger partial charge in [0, 0.05) is 38.5 Å². The number of piperidine rings is 1. The molecule has 1 fully saturated rings. The van der Waals surface area contributed by atoms with Gasteiger partial charge in [-0.2, -0.15) is 5.10 Å². The van der Waals surface area contributed by atoms with Gasteiger partial charge < -0.3 is 10.2 Å². The highest BCUT2D eigenvalue weighted by atomic mass is 16.2. The number of rotatable bonds is 3. The van der Waals surface area contributed by atoms with Crippen LogP contribution in [0.1, 0.15) is 48.7 Å². The van der Waals surface area contributed by atoms with Gasteiger partial charge in [-0.3, -0.25) is 14.3 Å². The van der Waals surface area contributed by atoms with Gasteiger partial charge in [-0.25, -0.2) is 9.97 Å². The first-order valence-electron chi connectivity index (χ1n) is 8.69. The summed E-state index contributed by atoms with van der Waals surface area (Å²) in [6, 6.07) is 3.49. The van der Waals surface area contributed by atoms with E-state index in [-0.39, 0.29) is 17.2 Å². The zero-order valence-electron chi connectivity index (χ0n) is 15.6. The van der Waals surface area contributed by atoms with Gasteiger partial charge in [-0.1, -0.05) is 6.92 Å². The molecule has 0 aliphatic carbocycles. The summed E-state index contributed by atoms with van der Waals surface area (Å²) in [5.41, 5.74) is 1.01. The third-order valence-electron chi connectivity index (χ3n) is 5.06. The number of hydrogen-bond acceptors (Lipinski definition) is 5. The normalized spacial score (nSPS) is 16.4. The number of nitrogens with zero attached hydrogens (tertiary/aromatic N) is 5. The average Bonchev–Trinajstić information content (AvgIpc) is 2.99. The summed E-state index contributed by atoms with van der Waals surface area (Å²) >= 11 is 0. The minimum atomic E-state index is -0.287. The predicted octanol–water partition coefficient (Wildman–Crippen LogP) is 1.67. The topological polar surface area (TPSA) is 93.0 Å². The number of carbonyl (C=O) groups is 2. The second-order valence-electron chi connectivity index (χ2n) is 7.05. The van der Waals surface area contributed by atoms with Crippen LogP contribution in [0.4, 0.5) is 5.82 Å². The van der Waals surface area contributed by atoms with Crippen molar-refractivity contribution in [2.24, 2.45) is 7.05 Å². The molecule has 26 heavy (non-hydrogen) atoms. The lowest BCUT2D eigenvalue weighted by molar-refractivity contribution is -0.130. The smallest absolute Gasteiger partial charge is 0.275 e. The van der Waals surface area contributed by atoms with Crippen molar-refractivity contribution in [2.75, 3.05) is 18.4 Å². The molecule has 8 nitrogen and oxygen atoms in total. The first-order chi connectivity index (χ1) is 12.3. The van der Waals surface area contributed by atoms with Crippen molar-refractivity contribution in [3.05, 3.63) is 35.5 Å². The van der Waals surface area contributed by atoms with E-state index in [9.17, 15) is 9.59 Å². The third kappa shape index (κ3) is 3.58. The van der Waals surface area contributed by atoms with E-state index in [2.05, 4.69) is 27.3 Å². The van der Waals surface area contributed by atoms with Crippen LogP contribution in [0.2, 0.25) is 0 Å². The van der Waals surface area contributed by atoms with Crippen LogP contribution in [-0.2, 0) is 17.3 Å². The van der Waals surface area contributed by atoms with Crippen LogP contribution in [0.3, 0.4) is 0 Å². The number of aromatic nitrogens is 4. The van der Waals surface area contributed by atoms with Crippen LogP contribution in [0.5, 0.6) is 0 Å². The van der Waals surface area contributed by atoms with Crippen LogP contribution in [0.25, 0.3) is 0 Å². The van der Waals surface area contributed by atoms with Crippen LogP contribution < -0.4 is 5.32 Å². The van der Waals surface area contributed by atoms with Gasteiger partial charge >= 0.3 is 0 Å². The molecule has 3 heterocycles. The minimum absolute atomic E-state index is 0.0992. The van der Waals surface area contributed by atoms with Crippen LogP contribution in [0.15, 0.2) is 18.3 Å². The fourth-order valence-corrected chi connectivity index (χ4v) is 3.24. The second kappa shape index (κ2) is 6.86. The predicted molar refractivity (Wildman–Crippen MR) is 96.8 cm³/mol. The standard InChI is InChI=1S/C18H24N6O2/c1-12-20-14(17(26)22-16-5-8-19-23(16)4)11-15(21-12)18(3)6-9-24(10-7-18)13(2)25/h5,8,11H,6-7,9-10H2,1-4H3,(H,22,26). The molecule has 2 amide bonds. The summed E-state index contributed by atoms with van der Waals surface area (Å²) in [7, 11) is 1.76. The summed E-state index contributed by atoms with van der Waals surface area (Å²) in [5, 5.41) is 6.86. The maximum Gasteiger partial charge on any atom is 0.275 e. The Morgan fingerprint density at radius 2 is 1.92 bits per heavy atom. The Kier molecular flexibility index (Phi) is 4.76. The number of amides is 2. The Hall–Kier alpha value is -2.77. The van der Waals surface area contributed by atoms with E-state index in [1.54, 1.807) is 43.9 Å². The van der Waals surface area contributed by atoms with Gasteiger partial charge in [0.25, 0.3) is 5.91 Å². The largest absolute Gasteiger partial charge is 0.343 e. The van der Waals surface area contributed by atoms with Crippen molar-refractivity contribution in [3.63, 3.8) is 0 Å². The van der Waals surface area contributed by atoms with Crippen molar-refractivity contribution in [1.29, 1.82) is 0 Å². The summed E-state index contributed by atoms with van der Waals surface area (Å²) in [6.45, 7) is 6.92. The molecule has 8 heteroatoms. The van der Waals surface area contributed by atoms with E-state index in [1.807, 2.05) is 4.90 Å². The van der Waals surface area contributed by atoms with Crippen molar-refractivity contribution in [2.45, 2.75) is 39.0 Å². The SMILES string of the molecule is CC(=O)N1CCC(C)(c2cc(C(=O)Nc3ccnn3C)nc(C)n2)CC1. The van der Waals surface area contributed by atoms with Crippen molar-refractivity contribution < 1.29 is 9.59 Å². The van der Waals surface area contributed by atoms with Gasteiger partial charge in [-0.15, -0.1) is 0 Å². The van der Waals surface area contributed by atoms with Gasteiger partial charge in [0.15, 0.2) is 0 Å². The first kappa shape index (κ1) is 18.0. The highest BCUT2D eigenvalue weighted by Gasteiger charge is 2.34. The number of carbonyl (C=O) groups excluding carboxylic acids is 2. The Labute approximate surface area is 152 Å². The van der Waals surface area contributed by atoms with E-state index in [1.165, 1.54) is 0 Å². The van der Waals surface area contributed by atoms with Gasteiger partial charge in [-0.05, 0) is 25.8 Å². The maximum absolute atomic E-state index is 12.6. The zero-order valence-corrected chi connectivity index (χ0v) is 15.6. The lowest BCUT2D eigenvalue weighted by Gasteiger charge is -2.38. The van der Waals surface area contributed by atoms with Gasteiger partial charge in [0.1, 0.15) is 17.3 Å². The molecule has 2 aromatic rings. The van der Waals surface area contributed by atoms with Crippen molar-refractivity contribution >= 4 is 17.6 Å². The fourth-order valence-electron chi connectivity index (χ4n) is 3.24. The average molecular weight is 356 g/mol. The third-order valence-corrected chi connectivity index (χ3v) is 5.06. The lowest BCUT2D eigenvalue weighted by Crippen LogP contribution is -2.43. The molecule has 0 saturated carbocycles. The van der Waals surface area contributed by atoms with E-state index in [4.69, 9.17) is 0 Å². The molecule has 1 N–H and O–H groups in total. The van der Waals surface area contributed by atoms with Crippen LogP contribution in [-0.4, -0.2) is 49.6 Å². The quantitative estimate of drug-likeness (QED) is 0.903. The minimum Gasteiger partial charge on any atom is -0.343 e. The van der Waals surface area contributed by atoms with Gasteiger partial charge in [0.2, 0.25) is 5.91 Å². The van der Waals surface area contributed by atoms with Crippen LogP contribution >= 0.6 is 0 Å². The number of aryl methyl sites for hydroxylation is 2. The summed E-state index contributed by atoms with van der Waals surface area (Å²) in [6.07, 6.45) is 3.24. The first-order valence-corrected chi connectivity index (χ1v) is 8.69. The summed E-state index contributed by atoms with van der Waals surface area (Å²) in [5.74, 6) is 0.981. The molecule has 0 atom stereocenters. The van der Waals surface area contributed by atoms with Gasteiger partial charge in [0.05, 0.1) is 11.9 Å².